The Morgan fingerprint density at radius 3 is 2.70 bits per heavy atom. The van der Waals surface area contributed by atoms with Gasteiger partial charge < -0.3 is 9.84 Å². The number of hydrogen-bond acceptors (Lipinski definition) is 6. The zero-order valence-corrected chi connectivity index (χ0v) is 11.7. The summed E-state index contributed by atoms with van der Waals surface area (Å²) in [6.45, 7) is 3.90. The molecule has 0 spiro atoms. The number of aliphatic hydroxyl groups excluding tert-OH is 1. The van der Waals surface area contributed by atoms with Gasteiger partial charge in [-0.15, -0.1) is 5.10 Å². The van der Waals surface area contributed by atoms with E-state index in [1.807, 2.05) is 19.9 Å². The van der Waals surface area contributed by atoms with E-state index in [1.54, 1.807) is 11.8 Å². The van der Waals surface area contributed by atoms with Crippen molar-refractivity contribution >= 4 is 0 Å². The van der Waals surface area contributed by atoms with Gasteiger partial charge in [0.15, 0.2) is 5.82 Å². The molecule has 0 radical (unpaired) electrons. The third kappa shape index (κ3) is 2.24. The monoisotopic (exact) mass is 275 g/mol. The molecule has 20 heavy (non-hydrogen) atoms. The van der Waals surface area contributed by atoms with Crippen LogP contribution in [-0.2, 0) is 0 Å². The number of aryl methyl sites for hydroxylation is 2. The highest BCUT2D eigenvalue weighted by atomic mass is 16.5. The molecule has 0 aromatic carbocycles. The van der Waals surface area contributed by atoms with Crippen molar-refractivity contribution in [1.82, 2.24) is 24.7 Å². The van der Waals surface area contributed by atoms with E-state index >= 15 is 0 Å². The first kappa shape index (κ1) is 13.0. The molecule has 0 aliphatic heterocycles. The average molecular weight is 275 g/mol. The number of hydrogen-bond donors (Lipinski definition) is 1. The highest BCUT2D eigenvalue weighted by molar-refractivity contribution is 5.31. The number of nitrogens with zero attached hydrogens (tertiary/aromatic N) is 5. The third-order valence-corrected chi connectivity index (χ3v) is 3.52. The van der Waals surface area contributed by atoms with Crippen LogP contribution in [0.3, 0.4) is 0 Å². The van der Waals surface area contributed by atoms with Crippen LogP contribution in [0.25, 0.3) is 5.82 Å². The Hall–Kier alpha value is -2.02. The molecule has 1 N–H and O–H groups in total. The molecule has 2 aromatic rings. The van der Waals surface area contributed by atoms with Gasteiger partial charge in [-0.1, -0.05) is 0 Å². The van der Waals surface area contributed by atoms with Crippen LogP contribution in [0.2, 0.25) is 0 Å². The van der Waals surface area contributed by atoms with Crippen molar-refractivity contribution in [2.45, 2.75) is 26.2 Å². The highest BCUT2D eigenvalue weighted by Crippen LogP contribution is 2.46. The van der Waals surface area contributed by atoms with E-state index in [0.29, 0.717) is 23.6 Å². The molecule has 1 aliphatic rings. The van der Waals surface area contributed by atoms with E-state index in [1.165, 1.54) is 0 Å². The lowest BCUT2D eigenvalue weighted by molar-refractivity contribution is 0.273. The molecular formula is C13H17N5O2. The summed E-state index contributed by atoms with van der Waals surface area (Å²) in [5.74, 6) is 2.68. The molecule has 1 saturated carbocycles. The van der Waals surface area contributed by atoms with Crippen LogP contribution in [0.1, 0.15) is 29.7 Å². The van der Waals surface area contributed by atoms with E-state index in [9.17, 15) is 5.11 Å². The van der Waals surface area contributed by atoms with Gasteiger partial charge in [-0.2, -0.15) is 14.6 Å². The fraction of sp³-hybridized carbons (Fsp3) is 0.538. The first-order valence-corrected chi connectivity index (χ1v) is 6.57. The van der Waals surface area contributed by atoms with E-state index in [-0.39, 0.29) is 12.5 Å². The summed E-state index contributed by atoms with van der Waals surface area (Å²) >= 11 is 0. The van der Waals surface area contributed by atoms with Crippen LogP contribution in [0.4, 0.5) is 0 Å². The molecule has 7 nitrogen and oxygen atoms in total. The Bertz CT molecular complexity index is 640. The van der Waals surface area contributed by atoms with Crippen LogP contribution in [0.5, 0.6) is 6.01 Å². The van der Waals surface area contributed by atoms with Gasteiger partial charge in [0.05, 0.1) is 12.8 Å². The SMILES string of the molecule is COc1nc(C2C[C@@H]2CO)cc(-n2nc(C)nc2C)n1. The van der Waals surface area contributed by atoms with Gasteiger partial charge in [-0.25, -0.2) is 4.98 Å². The molecule has 2 atom stereocenters. The summed E-state index contributed by atoms with van der Waals surface area (Å²) in [5.41, 5.74) is 0.887. The molecule has 1 aliphatic carbocycles. The maximum atomic E-state index is 9.20. The maximum Gasteiger partial charge on any atom is 0.318 e. The van der Waals surface area contributed by atoms with Gasteiger partial charge in [0.1, 0.15) is 11.6 Å². The zero-order valence-electron chi connectivity index (χ0n) is 11.7. The molecule has 1 fully saturated rings. The molecule has 3 rings (SSSR count). The Labute approximate surface area is 116 Å². The van der Waals surface area contributed by atoms with Gasteiger partial charge in [-0.05, 0) is 26.2 Å². The van der Waals surface area contributed by atoms with Gasteiger partial charge in [0.25, 0.3) is 0 Å². The lowest BCUT2D eigenvalue weighted by Gasteiger charge is -2.07. The lowest BCUT2D eigenvalue weighted by atomic mass is 10.2. The summed E-state index contributed by atoms with van der Waals surface area (Å²) in [4.78, 5) is 13.0. The smallest absolute Gasteiger partial charge is 0.318 e. The predicted molar refractivity (Wildman–Crippen MR) is 70.9 cm³/mol. The lowest BCUT2D eigenvalue weighted by Crippen LogP contribution is -2.07. The van der Waals surface area contributed by atoms with E-state index in [2.05, 4.69) is 20.1 Å². The fourth-order valence-corrected chi connectivity index (χ4v) is 2.37. The first-order valence-electron chi connectivity index (χ1n) is 6.57. The summed E-state index contributed by atoms with van der Waals surface area (Å²) in [6, 6.07) is 2.21. The summed E-state index contributed by atoms with van der Waals surface area (Å²) in [7, 11) is 1.54. The Morgan fingerprint density at radius 1 is 1.35 bits per heavy atom. The number of aliphatic hydroxyl groups is 1. The normalized spacial score (nSPS) is 21.0. The van der Waals surface area contributed by atoms with Crippen LogP contribution >= 0.6 is 0 Å². The zero-order chi connectivity index (χ0) is 14.3. The second kappa shape index (κ2) is 4.82. The molecule has 2 aromatic heterocycles. The van der Waals surface area contributed by atoms with Crippen LogP contribution < -0.4 is 4.74 Å². The van der Waals surface area contributed by atoms with Crippen molar-refractivity contribution in [1.29, 1.82) is 0 Å². The van der Waals surface area contributed by atoms with Crippen molar-refractivity contribution in [2.75, 3.05) is 13.7 Å². The van der Waals surface area contributed by atoms with Crippen molar-refractivity contribution in [3.63, 3.8) is 0 Å². The number of aromatic nitrogens is 5. The molecule has 1 unspecified atom stereocenters. The van der Waals surface area contributed by atoms with Gasteiger partial charge in [0.2, 0.25) is 0 Å². The van der Waals surface area contributed by atoms with Crippen molar-refractivity contribution in [3.8, 4) is 11.8 Å². The highest BCUT2D eigenvalue weighted by Gasteiger charge is 2.39. The van der Waals surface area contributed by atoms with Crippen molar-refractivity contribution < 1.29 is 9.84 Å². The molecule has 0 saturated heterocycles. The van der Waals surface area contributed by atoms with E-state index in [4.69, 9.17) is 4.74 Å². The van der Waals surface area contributed by atoms with E-state index < -0.39 is 0 Å². The minimum atomic E-state index is 0.188. The maximum absolute atomic E-state index is 9.20. The van der Waals surface area contributed by atoms with Crippen LogP contribution in [0, 0.1) is 19.8 Å². The second-order valence-corrected chi connectivity index (χ2v) is 5.04. The molecule has 2 heterocycles. The number of rotatable bonds is 4. The van der Waals surface area contributed by atoms with Crippen molar-refractivity contribution in [3.05, 3.63) is 23.4 Å². The summed E-state index contributed by atoms with van der Waals surface area (Å²) in [6.07, 6.45) is 0.950. The fourth-order valence-electron chi connectivity index (χ4n) is 2.37. The molecular weight excluding hydrogens is 258 g/mol. The second-order valence-electron chi connectivity index (χ2n) is 5.04. The standard InChI is InChI=1S/C13H17N5O2/c1-7-14-8(2)18(17-7)12-5-11(10-4-9(10)6-19)15-13(16-12)20-3/h5,9-10,19H,4,6H2,1-3H3/t9-,10?/m1/s1. The molecule has 7 heteroatoms. The number of ether oxygens (including phenoxy) is 1. The van der Waals surface area contributed by atoms with Gasteiger partial charge in [-0.3, -0.25) is 0 Å². The largest absolute Gasteiger partial charge is 0.467 e. The minimum Gasteiger partial charge on any atom is -0.467 e. The predicted octanol–water partition coefficient (Wildman–Crippen LogP) is 0.779. The van der Waals surface area contributed by atoms with Crippen molar-refractivity contribution in [2.24, 2.45) is 5.92 Å². The Balaban J connectivity index is 2.02. The minimum absolute atomic E-state index is 0.188. The molecule has 106 valence electrons. The summed E-state index contributed by atoms with van der Waals surface area (Å²) in [5, 5.41) is 13.5. The van der Waals surface area contributed by atoms with Gasteiger partial charge in [0, 0.05) is 18.6 Å². The quantitative estimate of drug-likeness (QED) is 0.887. The molecule has 0 bridgehead atoms. The third-order valence-electron chi connectivity index (χ3n) is 3.52. The number of methoxy groups -OCH3 is 1. The Kier molecular flexibility index (Phi) is 3.13. The van der Waals surface area contributed by atoms with Crippen LogP contribution in [0.15, 0.2) is 6.07 Å². The average Bonchev–Trinajstić information content (AvgIpc) is 3.16. The Morgan fingerprint density at radius 2 is 2.15 bits per heavy atom. The topological polar surface area (TPSA) is 86.0 Å². The van der Waals surface area contributed by atoms with Gasteiger partial charge >= 0.3 is 6.01 Å². The summed E-state index contributed by atoms with van der Waals surface area (Å²) < 4.78 is 6.84. The first-order chi connectivity index (χ1) is 9.62. The molecule has 0 amide bonds. The van der Waals surface area contributed by atoms with E-state index in [0.717, 1.165) is 17.9 Å². The van der Waals surface area contributed by atoms with Crippen LogP contribution in [-0.4, -0.2) is 43.6 Å².